The van der Waals surface area contributed by atoms with Gasteiger partial charge < -0.3 is 5.32 Å². The number of nitrogens with one attached hydrogen (secondary N) is 1. The standard InChI is InChI=1S/C9H11ClN4/c1-2-11-6-7-5-9-12-8(10)3-4-14(9)13-7/h3-5,11H,2,6H2,1H3. The molecule has 2 aromatic heterocycles. The number of hydrogen-bond acceptors (Lipinski definition) is 3. The monoisotopic (exact) mass is 210 g/mol. The van der Waals surface area contributed by atoms with E-state index in [1.54, 1.807) is 16.8 Å². The quantitative estimate of drug-likeness (QED) is 0.781. The lowest BCUT2D eigenvalue weighted by molar-refractivity contribution is 0.701. The summed E-state index contributed by atoms with van der Waals surface area (Å²) >= 11 is 5.76. The average molecular weight is 211 g/mol. The Morgan fingerprint density at radius 3 is 3.21 bits per heavy atom. The van der Waals surface area contributed by atoms with E-state index in [9.17, 15) is 0 Å². The fourth-order valence-electron chi connectivity index (χ4n) is 1.25. The van der Waals surface area contributed by atoms with Crippen LogP contribution in [0.2, 0.25) is 5.15 Å². The first-order valence-electron chi connectivity index (χ1n) is 4.51. The van der Waals surface area contributed by atoms with Gasteiger partial charge in [0.2, 0.25) is 0 Å². The van der Waals surface area contributed by atoms with Gasteiger partial charge in [0, 0.05) is 18.8 Å². The number of halogens is 1. The summed E-state index contributed by atoms with van der Waals surface area (Å²) in [6, 6.07) is 3.65. The van der Waals surface area contributed by atoms with Crippen molar-refractivity contribution in [3.63, 3.8) is 0 Å². The molecule has 4 nitrogen and oxygen atoms in total. The molecule has 2 rings (SSSR count). The van der Waals surface area contributed by atoms with Crippen molar-refractivity contribution in [2.75, 3.05) is 6.54 Å². The van der Waals surface area contributed by atoms with Crippen LogP contribution in [0.4, 0.5) is 0 Å². The highest BCUT2D eigenvalue weighted by Gasteiger charge is 2.01. The molecule has 0 atom stereocenters. The Bertz CT molecular complexity index is 437. The van der Waals surface area contributed by atoms with Crippen molar-refractivity contribution < 1.29 is 0 Å². The van der Waals surface area contributed by atoms with Crippen LogP contribution in [0.5, 0.6) is 0 Å². The van der Waals surface area contributed by atoms with Gasteiger partial charge in [0.05, 0.1) is 5.69 Å². The lowest BCUT2D eigenvalue weighted by Crippen LogP contribution is -2.11. The highest BCUT2D eigenvalue weighted by atomic mass is 35.5. The normalized spacial score (nSPS) is 11.0. The van der Waals surface area contributed by atoms with Crippen LogP contribution in [0.15, 0.2) is 18.3 Å². The van der Waals surface area contributed by atoms with Crippen LogP contribution in [0.3, 0.4) is 0 Å². The van der Waals surface area contributed by atoms with Crippen molar-refractivity contribution in [2.24, 2.45) is 0 Å². The Hall–Kier alpha value is -1.13. The third-order valence-corrected chi connectivity index (χ3v) is 2.11. The summed E-state index contributed by atoms with van der Waals surface area (Å²) in [7, 11) is 0. The topological polar surface area (TPSA) is 42.2 Å². The minimum Gasteiger partial charge on any atom is -0.311 e. The van der Waals surface area contributed by atoms with Crippen LogP contribution >= 0.6 is 11.6 Å². The Labute approximate surface area is 86.9 Å². The second kappa shape index (κ2) is 3.94. The molecule has 74 valence electrons. The van der Waals surface area contributed by atoms with Crippen LogP contribution in [0, 0.1) is 0 Å². The van der Waals surface area contributed by atoms with Crippen molar-refractivity contribution in [1.82, 2.24) is 19.9 Å². The van der Waals surface area contributed by atoms with Gasteiger partial charge in [0.1, 0.15) is 5.15 Å². The molecule has 0 aliphatic rings. The zero-order valence-electron chi connectivity index (χ0n) is 7.87. The number of aromatic nitrogens is 3. The SMILES string of the molecule is CCNCc1cc2nc(Cl)ccn2n1. The minimum absolute atomic E-state index is 0.493. The highest BCUT2D eigenvalue weighted by molar-refractivity contribution is 6.29. The molecular formula is C9H11ClN4. The summed E-state index contributed by atoms with van der Waals surface area (Å²) in [4.78, 5) is 4.14. The van der Waals surface area contributed by atoms with E-state index in [2.05, 4.69) is 22.3 Å². The molecule has 0 bridgehead atoms. The number of hydrogen-bond donors (Lipinski definition) is 1. The van der Waals surface area contributed by atoms with Gasteiger partial charge in [0.15, 0.2) is 5.65 Å². The van der Waals surface area contributed by atoms with E-state index < -0.39 is 0 Å². The molecule has 5 heteroatoms. The summed E-state index contributed by atoms with van der Waals surface area (Å²) in [5.74, 6) is 0. The van der Waals surface area contributed by atoms with E-state index in [0.717, 1.165) is 24.4 Å². The van der Waals surface area contributed by atoms with E-state index in [1.807, 2.05) is 6.07 Å². The first kappa shape index (κ1) is 9.43. The average Bonchev–Trinajstić information content (AvgIpc) is 2.56. The third kappa shape index (κ3) is 1.86. The van der Waals surface area contributed by atoms with Crippen LogP contribution in [-0.2, 0) is 6.54 Å². The lowest BCUT2D eigenvalue weighted by atomic mass is 10.4. The van der Waals surface area contributed by atoms with Gasteiger partial charge in [-0.1, -0.05) is 18.5 Å². The summed E-state index contributed by atoms with van der Waals surface area (Å²) in [6.07, 6.45) is 1.81. The maximum absolute atomic E-state index is 5.76. The van der Waals surface area contributed by atoms with Gasteiger partial charge in [-0.3, -0.25) is 0 Å². The molecule has 14 heavy (non-hydrogen) atoms. The molecule has 0 fully saturated rings. The van der Waals surface area contributed by atoms with E-state index in [1.165, 1.54) is 0 Å². The Morgan fingerprint density at radius 2 is 2.43 bits per heavy atom. The maximum Gasteiger partial charge on any atom is 0.156 e. The maximum atomic E-state index is 5.76. The molecule has 0 aromatic carbocycles. The lowest BCUT2D eigenvalue weighted by Gasteiger charge is -1.94. The van der Waals surface area contributed by atoms with Gasteiger partial charge in [-0.15, -0.1) is 0 Å². The summed E-state index contributed by atoms with van der Waals surface area (Å²) in [5.41, 5.74) is 1.76. The predicted octanol–water partition coefficient (Wildman–Crippen LogP) is 1.49. The Kier molecular flexibility index (Phi) is 2.65. The zero-order chi connectivity index (χ0) is 9.97. The fourth-order valence-corrected chi connectivity index (χ4v) is 1.39. The van der Waals surface area contributed by atoms with Crippen molar-refractivity contribution >= 4 is 17.2 Å². The number of fused-ring (bicyclic) bond motifs is 1. The molecule has 0 radical (unpaired) electrons. The first-order chi connectivity index (χ1) is 6.79. The molecule has 2 aromatic rings. The molecule has 0 saturated heterocycles. The van der Waals surface area contributed by atoms with Crippen LogP contribution in [0.25, 0.3) is 5.65 Å². The van der Waals surface area contributed by atoms with Crippen LogP contribution in [-0.4, -0.2) is 21.1 Å². The van der Waals surface area contributed by atoms with E-state index in [-0.39, 0.29) is 0 Å². The zero-order valence-corrected chi connectivity index (χ0v) is 8.62. The first-order valence-corrected chi connectivity index (χ1v) is 4.89. The van der Waals surface area contributed by atoms with E-state index in [4.69, 9.17) is 11.6 Å². The smallest absolute Gasteiger partial charge is 0.156 e. The van der Waals surface area contributed by atoms with E-state index >= 15 is 0 Å². The van der Waals surface area contributed by atoms with Crippen molar-refractivity contribution in [3.8, 4) is 0 Å². The molecule has 0 saturated carbocycles. The van der Waals surface area contributed by atoms with Crippen LogP contribution in [0.1, 0.15) is 12.6 Å². The largest absolute Gasteiger partial charge is 0.311 e. The minimum atomic E-state index is 0.493. The fraction of sp³-hybridized carbons (Fsp3) is 0.333. The van der Waals surface area contributed by atoms with Gasteiger partial charge in [0.25, 0.3) is 0 Å². The molecule has 0 aliphatic carbocycles. The summed E-state index contributed by atoms with van der Waals surface area (Å²) < 4.78 is 1.72. The summed E-state index contributed by atoms with van der Waals surface area (Å²) in [6.45, 7) is 3.75. The Morgan fingerprint density at radius 1 is 1.57 bits per heavy atom. The number of nitrogens with zero attached hydrogens (tertiary/aromatic N) is 3. The third-order valence-electron chi connectivity index (χ3n) is 1.90. The number of rotatable bonds is 3. The Balaban J connectivity index is 2.32. The molecule has 0 unspecified atom stereocenters. The summed E-state index contributed by atoms with van der Waals surface area (Å²) in [5, 5.41) is 8.02. The van der Waals surface area contributed by atoms with E-state index in [0.29, 0.717) is 5.15 Å². The van der Waals surface area contributed by atoms with Crippen molar-refractivity contribution in [1.29, 1.82) is 0 Å². The van der Waals surface area contributed by atoms with Gasteiger partial charge >= 0.3 is 0 Å². The predicted molar refractivity (Wildman–Crippen MR) is 55.4 cm³/mol. The molecule has 0 amide bonds. The van der Waals surface area contributed by atoms with Gasteiger partial charge in [-0.2, -0.15) is 5.10 Å². The molecule has 2 heterocycles. The molecule has 0 spiro atoms. The second-order valence-corrected chi connectivity index (χ2v) is 3.36. The molecule has 1 N–H and O–H groups in total. The van der Waals surface area contributed by atoms with Crippen molar-refractivity contribution in [2.45, 2.75) is 13.5 Å². The van der Waals surface area contributed by atoms with Crippen molar-refractivity contribution in [3.05, 3.63) is 29.2 Å². The molecule has 0 aliphatic heterocycles. The van der Waals surface area contributed by atoms with Crippen LogP contribution < -0.4 is 5.32 Å². The van der Waals surface area contributed by atoms with Gasteiger partial charge in [-0.05, 0) is 12.6 Å². The molecular weight excluding hydrogens is 200 g/mol. The highest BCUT2D eigenvalue weighted by Crippen LogP contribution is 2.08. The second-order valence-electron chi connectivity index (χ2n) is 2.97. The van der Waals surface area contributed by atoms with Gasteiger partial charge in [-0.25, -0.2) is 9.50 Å².